The predicted octanol–water partition coefficient (Wildman–Crippen LogP) is 6.95. The normalized spacial score (nSPS) is 22.5. The van der Waals surface area contributed by atoms with Crippen LogP contribution in [0.2, 0.25) is 0 Å². The average molecular weight is 695 g/mol. The SMILES string of the molecule is CC1(C)OB(B2OC(C)(C)C(C)(C)O2)OC1(C)C.[C-]#[N+]c1cc(N)cc(B2OC(C)(C)C(C)(C)O2)c1.[C-]#[N+]c1cc(N)cc(Br)c1. The summed E-state index contributed by atoms with van der Waals surface area (Å²) in [4.78, 5) is 6.63. The van der Waals surface area contributed by atoms with E-state index in [0.29, 0.717) is 22.7 Å². The second-order valence-corrected chi connectivity index (χ2v) is 15.6. The fraction of sp³-hybridized carbons (Fsp3) is 0.562. The second kappa shape index (κ2) is 13.2. The Labute approximate surface area is 284 Å². The first-order valence-electron chi connectivity index (χ1n) is 15.1. The average Bonchev–Trinajstić information content (AvgIpc) is 3.37. The molecule has 0 saturated carbocycles. The molecule has 0 aliphatic carbocycles. The summed E-state index contributed by atoms with van der Waals surface area (Å²) >= 11 is 3.23. The molecule has 2 aromatic carbocycles. The fourth-order valence-electron chi connectivity index (χ4n) is 4.50. The zero-order chi connectivity index (χ0) is 35.1. The van der Waals surface area contributed by atoms with Crippen molar-refractivity contribution in [3.63, 3.8) is 0 Å². The van der Waals surface area contributed by atoms with Gasteiger partial charge in [-0.25, -0.2) is 9.69 Å². The molecule has 3 fully saturated rings. The molecule has 3 aliphatic rings. The van der Waals surface area contributed by atoms with Gasteiger partial charge >= 0.3 is 21.1 Å². The van der Waals surface area contributed by atoms with Gasteiger partial charge in [0.25, 0.3) is 0 Å². The van der Waals surface area contributed by atoms with Crippen molar-refractivity contribution in [3.05, 3.63) is 63.7 Å². The molecule has 3 heterocycles. The number of anilines is 2. The fourth-order valence-corrected chi connectivity index (χ4v) is 5.00. The molecule has 0 bridgehead atoms. The van der Waals surface area contributed by atoms with Crippen LogP contribution in [0.4, 0.5) is 22.7 Å². The lowest BCUT2D eigenvalue weighted by atomic mass is 9.49. The van der Waals surface area contributed by atoms with Crippen molar-refractivity contribution < 1.29 is 27.9 Å². The maximum atomic E-state index is 7.05. The molecule has 14 heteroatoms. The van der Waals surface area contributed by atoms with E-state index in [1.165, 1.54) is 0 Å². The van der Waals surface area contributed by atoms with Gasteiger partial charge in [-0.15, -0.1) is 0 Å². The molecular formula is C32H46B3BrN4O6. The Morgan fingerprint density at radius 3 is 1.20 bits per heavy atom. The van der Waals surface area contributed by atoms with E-state index < -0.39 is 21.1 Å². The Morgan fingerprint density at radius 2 is 0.848 bits per heavy atom. The summed E-state index contributed by atoms with van der Waals surface area (Å²) in [5.74, 6) is 0. The molecule has 5 rings (SSSR count). The first-order chi connectivity index (χ1) is 20.8. The van der Waals surface area contributed by atoms with Crippen LogP contribution in [0, 0.1) is 13.1 Å². The lowest BCUT2D eigenvalue weighted by molar-refractivity contribution is 0.00578. The number of benzene rings is 2. The van der Waals surface area contributed by atoms with E-state index in [9.17, 15) is 0 Å². The van der Waals surface area contributed by atoms with Gasteiger partial charge in [-0.05, 0) is 119 Å². The molecule has 3 saturated heterocycles. The largest absolute Gasteiger partial charge is 0.493 e. The lowest BCUT2D eigenvalue weighted by Crippen LogP contribution is -2.41. The van der Waals surface area contributed by atoms with Gasteiger partial charge in [-0.3, -0.25) is 0 Å². The summed E-state index contributed by atoms with van der Waals surface area (Å²) in [6.07, 6.45) is 0. The van der Waals surface area contributed by atoms with Crippen molar-refractivity contribution in [3.8, 4) is 0 Å². The van der Waals surface area contributed by atoms with Crippen LogP contribution in [-0.4, -0.2) is 54.7 Å². The number of hydrogen-bond donors (Lipinski definition) is 2. The second-order valence-electron chi connectivity index (χ2n) is 14.7. The molecule has 246 valence electrons. The van der Waals surface area contributed by atoms with Crippen molar-refractivity contribution in [1.82, 2.24) is 0 Å². The van der Waals surface area contributed by atoms with Crippen molar-refractivity contribution in [2.24, 2.45) is 0 Å². The molecule has 10 nitrogen and oxygen atoms in total. The maximum absolute atomic E-state index is 7.05. The zero-order valence-electron chi connectivity index (χ0n) is 29.1. The van der Waals surface area contributed by atoms with Crippen LogP contribution in [0.1, 0.15) is 83.1 Å². The van der Waals surface area contributed by atoms with Crippen LogP contribution < -0.4 is 16.9 Å². The van der Waals surface area contributed by atoms with E-state index in [4.69, 9.17) is 52.5 Å². The Balaban J connectivity index is 0.000000196. The van der Waals surface area contributed by atoms with Crippen LogP contribution >= 0.6 is 15.9 Å². The molecule has 46 heavy (non-hydrogen) atoms. The highest BCUT2D eigenvalue weighted by Crippen LogP contribution is 2.43. The van der Waals surface area contributed by atoms with Gasteiger partial charge in [-0.1, -0.05) is 22.0 Å². The third-order valence-electron chi connectivity index (χ3n) is 9.42. The van der Waals surface area contributed by atoms with E-state index in [2.05, 4.69) is 25.6 Å². The quantitative estimate of drug-likeness (QED) is 0.197. The van der Waals surface area contributed by atoms with Gasteiger partial charge in [0.1, 0.15) is 0 Å². The minimum atomic E-state index is -0.476. The van der Waals surface area contributed by atoms with Crippen LogP contribution in [0.5, 0.6) is 0 Å². The van der Waals surface area contributed by atoms with Crippen LogP contribution in [0.15, 0.2) is 40.9 Å². The number of nitrogens with two attached hydrogens (primary N) is 2. The maximum Gasteiger partial charge on any atom is 0.493 e. The molecule has 0 unspecified atom stereocenters. The number of hydrogen-bond acceptors (Lipinski definition) is 8. The van der Waals surface area contributed by atoms with Gasteiger partial charge in [0.15, 0.2) is 11.4 Å². The van der Waals surface area contributed by atoms with Crippen LogP contribution in [-0.2, 0) is 27.9 Å². The molecule has 0 radical (unpaired) electrons. The van der Waals surface area contributed by atoms with Crippen LogP contribution in [0.3, 0.4) is 0 Å². The third kappa shape index (κ3) is 8.29. The Kier molecular flexibility index (Phi) is 10.8. The molecule has 3 aliphatic heterocycles. The van der Waals surface area contributed by atoms with E-state index >= 15 is 0 Å². The van der Waals surface area contributed by atoms with Crippen molar-refractivity contribution in [1.29, 1.82) is 0 Å². The van der Waals surface area contributed by atoms with Gasteiger partial charge in [0.05, 0.1) is 46.8 Å². The van der Waals surface area contributed by atoms with E-state index in [1.807, 2.05) is 83.1 Å². The molecule has 2 aromatic rings. The number of nitrogens with zero attached hydrogens (tertiary/aromatic N) is 2. The first-order valence-corrected chi connectivity index (χ1v) is 15.9. The van der Waals surface area contributed by atoms with Gasteiger partial charge in [-0.2, -0.15) is 0 Å². The highest BCUT2D eigenvalue weighted by molar-refractivity contribution is 9.10. The highest BCUT2D eigenvalue weighted by Gasteiger charge is 2.63. The van der Waals surface area contributed by atoms with Crippen molar-refractivity contribution in [2.45, 2.75) is 117 Å². The zero-order valence-corrected chi connectivity index (χ0v) is 30.7. The smallest absolute Gasteiger partial charge is 0.405 e. The highest BCUT2D eigenvalue weighted by atomic mass is 79.9. The summed E-state index contributed by atoms with van der Waals surface area (Å²) in [6.45, 7) is 37.9. The third-order valence-corrected chi connectivity index (χ3v) is 9.87. The van der Waals surface area contributed by atoms with E-state index in [0.717, 1.165) is 9.94 Å². The molecule has 0 spiro atoms. The number of rotatable bonds is 2. The minimum Gasteiger partial charge on any atom is -0.405 e. The number of halogens is 1. The summed E-state index contributed by atoms with van der Waals surface area (Å²) in [5, 5.41) is 0. The van der Waals surface area contributed by atoms with E-state index in [1.54, 1.807) is 36.4 Å². The van der Waals surface area contributed by atoms with Gasteiger partial charge < -0.3 is 39.4 Å². The molecular weight excluding hydrogens is 649 g/mol. The molecule has 4 N–H and O–H groups in total. The minimum absolute atomic E-state index is 0.360. The van der Waals surface area contributed by atoms with Gasteiger partial charge in [0, 0.05) is 15.8 Å². The molecule has 0 amide bonds. The lowest BCUT2D eigenvalue weighted by Gasteiger charge is -2.32. The summed E-state index contributed by atoms with van der Waals surface area (Å²) in [6, 6.07) is 10.3. The summed E-state index contributed by atoms with van der Waals surface area (Å²) in [7, 11) is -1.42. The number of nitrogen functional groups attached to an aromatic ring is 2. The first kappa shape index (κ1) is 37.9. The standard InChI is InChI=1S/C13H17BN2O2.C12H24B2O4.C7H5BrN2/c1-12(2)13(3,4)18-14(17-12)9-6-10(15)8-11(7-9)16-5;1-9(2)10(3,4)16-13(15-9)14-17-11(5,6)12(7,8)18-14;1-10-7-3-5(8)2-6(9)4-7/h6-8H,15H2,1-4H3;1-8H3;2-4H,9H2. The Morgan fingerprint density at radius 1 is 0.522 bits per heavy atom. The van der Waals surface area contributed by atoms with Crippen LogP contribution in [0.25, 0.3) is 9.69 Å². The monoisotopic (exact) mass is 694 g/mol. The van der Waals surface area contributed by atoms with Gasteiger partial charge in [0.2, 0.25) is 0 Å². The summed E-state index contributed by atoms with van der Waals surface area (Å²) in [5.41, 5.74) is 12.0. The van der Waals surface area contributed by atoms with Crippen molar-refractivity contribution in [2.75, 3.05) is 11.5 Å². The summed E-state index contributed by atoms with van der Waals surface area (Å²) < 4.78 is 36.5. The topological polar surface area (TPSA) is 116 Å². The Bertz CT molecular complexity index is 1420. The Hall–Kier alpha value is -2.55. The predicted molar refractivity (Wildman–Crippen MR) is 190 cm³/mol. The van der Waals surface area contributed by atoms with Crippen molar-refractivity contribution >= 4 is 65.3 Å². The molecule has 0 atom stereocenters. The van der Waals surface area contributed by atoms with E-state index in [-0.39, 0.29) is 33.6 Å². The molecule has 0 aromatic heterocycles.